The molecule has 4 amide bonds. The number of amides is 4. The van der Waals surface area contributed by atoms with Crippen molar-refractivity contribution in [1.82, 2.24) is 15.5 Å². The molecule has 0 atom stereocenters. The predicted octanol–water partition coefficient (Wildman–Crippen LogP) is 0.423. The third-order valence-electron chi connectivity index (χ3n) is 3.24. The zero-order valence-electron chi connectivity index (χ0n) is 12.6. The summed E-state index contributed by atoms with van der Waals surface area (Å²) in [4.78, 5) is 47.1. The third kappa shape index (κ3) is 4.82. The molecule has 0 radical (unpaired) electrons. The van der Waals surface area contributed by atoms with Crippen LogP contribution in [0.15, 0.2) is 24.3 Å². The smallest absolute Gasteiger partial charge is 0.309 e. The second-order valence-electron chi connectivity index (χ2n) is 5.02. The first-order valence-electron chi connectivity index (χ1n) is 7.06. The predicted molar refractivity (Wildman–Crippen MR) is 85.6 cm³/mol. The Morgan fingerprint density at radius 2 is 1.78 bits per heavy atom. The lowest BCUT2D eigenvalue weighted by Crippen LogP contribution is -2.43. The van der Waals surface area contributed by atoms with Gasteiger partial charge in [0.15, 0.2) is 0 Å². The molecule has 1 aliphatic heterocycles. The monoisotopic (exact) mass is 335 g/mol. The number of benzene rings is 1. The maximum Gasteiger partial charge on any atom is 0.309 e. The van der Waals surface area contributed by atoms with Gasteiger partial charge in [-0.15, -0.1) is 0 Å². The van der Waals surface area contributed by atoms with E-state index in [0.717, 1.165) is 27.8 Å². The Morgan fingerprint density at radius 1 is 1.13 bits per heavy atom. The van der Waals surface area contributed by atoms with Crippen LogP contribution >= 0.6 is 11.8 Å². The molecule has 122 valence electrons. The van der Waals surface area contributed by atoms with Crippen LogP contribution in [0.1, 0.15) is 11.1 Å². The van der Waals surface area contributed by atoms with Crippen LogP contribution in [0.5, 0.6) is 0 Å². The molecule has 0 aromatic heterocycles. The lowest BCUT2D eigenvalue weighted by molar-refractivity contribution is -0.139. The first kappa shape index (κ1) is 17.0. The van der Waals surface area contributed by atoms with Gasteiger partial charge in [-0.2, -0.15) is 0 Å². The maximum atomic E-state index is 11.7. The van der Waals surface area contributed by atoms with Crippen LogP contribution in [0.4, 0.5) is 4.79 Å². The number of hydrogen-bond acceptors (Lipinski definition) is 5. The normalized spacial score (nSPS) is 14.0. The summed E-state index contributed by atoms with van der Waals surface area (Å²) in [6.45, 7) is 2.34. The Hall–Kier alpha value is -2.35. The van der Waals surface area contributed by atoms with Crippen molar-refractivity contribution in [3.63, 3.8) is 0 Å². The molecular weight excluding hydrogens is 318 g/mol. The Bertz CT molecular complexity index is 614. The van der Waals surface area contributed by atoms with E-state index in [2.05, 4.69) is 10.6 Å². The van der Waals surface area contributed by atoms with Crippen LogP contribution < -0.4 is 10.6 Å². The van der Waals surface area contributed by atoms with E-state index in [0.29, 0.717) is 0 Å². The molecule has 8 heteroatoms. The van der Waals surface area contributed by atoms with E-state index >= 15 is 0 Å². The number of thioether (sulfide) groups is 1. The van der Waals surface area contributed by atoms with E-state index in [9.17, 15) is 19.2 Å². The number of imide groups is 1. The molecule has 2 rings (SSSR count). The van der Waals surface area contributed by atoms with Crippen molar-refractivity contribution in [1.29, 1.82) is 0 Å². The summed E-state index contributed by atoms with van der Waals surface area (Å²) < 4.78 is 0. The zero-order chi connectivity index (χ0) is 16.8. The number of nitrogens with zero attached hydrogens (tertiary/aromatic N) is 1. The standard InChI is InChI=1S/C15H17N3O4S/c1-10-2-4-11(5-3-10)8-17-14(21)13(20)16-6-7-18-12(19)9-23-15(18)22/h2-5H,6-9H2,1H3,(H,16,20)(H,17,21). The average Bonchev–Trinajstić information content (AvgIpc) is 2.85. The second kappa shape index (κ2) is 7.77. The van der Waals surface area contributed by atoms with Gasteiger partial charge in [0.05, 0.1) is 5.75 Å². The van der Waals surface area contributed by atoms with Crippen molar-refractivity contribution in [3.8, 4) is 0 Å². The minimum atomic E-state index is -0.788. The van der Waals surface area contributed by atoms with E-state index in [-0.39, 0.29) is 36.5 Å². The molecule has 0 bridgehead atoms. The Balaban J connectivity index is 1.70. The summed E-state index contributed by atoms with van der Waals surface area (Å²) in [7, 11) is 0. The minimum Gasteiger partial charge on any atom is -0.346 e. The summed E-state index contributed by atoms with van der Waals surface area (Å²) in [6, 6.07) is 7.58. The molecule has 0 aliphatic carbocycles. The number of carbonyl (C=O) groups is 4. The second-order valence-corrected chi connectivity index (χ2v) is 5.95. The fraction of sp³-hybridized carbons (Fsp3) is 0.333. The Labute approximate surface area is 137 Å². The molecule has 1 aromatic carbocycles. The number of rotatable bonds is 5. The van der Waals surface area contributed by atoms with Crippen molar-refractivity contribution >= 4 is 34.7 Å². The van der Waals surface area contributed by atoms with Crippen LogP contribution in [0.2, 0.25) is 0 Å². The third-order valence-corrected chi connectivity index (χ3v) is 4.10. The maximum absolute atomic E-state index is 11.7. The number of hydrogen-bond donors (Lipinski definition) is 2. The van der Waals surface area contributed by atoms with Gasteiger partial charge >= 0.3 is 11.8 Å². The zero-order valence-corrected chi connectivity index (χ0v) is 13.4. The Kier molecular flexibility index (Phi) is 5.75. The molecule has 0 saturated carbocycles. The molecule has 0 spiro atoms. The largest absolute Gasteiger partial charge is 0.346 e. The van der Waals surface area contributed by atoms with E-state index in [1.807, 2.05) is 31.2 Å². The summed E-state index contributed by atoms with van der Waals surface area (Å²) in [5, 5.41) is 4.58. The van der Waals surface area contributed by atoms with Gasteiger partial charge in [0.2, 0.25) is 5.91 Å². The van der Waals surface area contributed by atoms with Gasteiger partial charge in [-0.1, -0.05) is 41.6 Å². The van der Waals surface area contributed by atoms with E-state index in [4.69, 9.17) is 0 Å². The van der Waals surface area contributed by atoms with E-state index in [1.54, 1.807) is 0 Å². The van der Waals surface area contributed by atoms with Crippen molar-refractivity contribution in [2.24, 2.45) is 0 Å². The van der Waals surface area contributed by atoms with Gasteiger partial charge in [-0.05, 0) is 12.5 Å². The van der Waals surface area contributed by atoms with Crippen LogP contribution in [0.25, 0.3) is 0 Å². The molecule has 1 heterocycles. The van der Waals surface area contributed by atoms with Gasteiger partial charge < -0.3 is 10.6 Å². The minimum absolute atomic E-state index is 0.0504. The molecule has 2 N–H and O–H groups in total. The van der Waals surface area contributed by atoms with E-state index in [1.165, 1.54) is 0 Å². The molecule has 23 heavy (non-hydrogen) atoms. The van der Waals surface area contributed by atoms with Crippen molar-refractivity contribution in [2.45, 2.75) is 13.5 Å². The Morgan fingerprint density at radius 3 is 2.39 bits per heavy atom. The lowest BCUT2D eigenvalue weighted by atomic mass is 10.1. The quantitative estimate of drug-likeness (QED) is 0.761. The summed E-state index contributed by atoms with van der Waals surface area (Å²) in [5.74, 6) is -1.69. The van der Waals surface area contributed by atoms with Crippen LogP contribution in [-0.4, -0.2) is 46.7 Å². The fourth-order valence-corrected chi connectivity index (χ4v) is 2.68. The summed E-state index contributed by atoms with van der Waals surface area (Å²) >= 11 is 0.931. The molecule has 1 fully saturated rings. The van der Waals surface area contributed by atoms with Crippen molar-refractivity contribution in [2.75, 3.05) is 18.8 Å². The first-order valence-corrected chi connectivity index (χ1v) is 8.04. The molecule has 1 aromatic rings. The molecule has 7 nitrogen and oxygen atoms in total. The van der Waals surface area contributed by atoms with Gasteiger partial charge in [0.1, 0.15) is 0 Å². The van der Waals surface area contributed by atoms with Gasteiger partial charge in [0.25, 0.3) is 5.24 Å². The SMILES string of the molecule is Cc1ccc(CNC(=O)C(=O)NCCN2C(=O)CSC2=O)cc1. The van der Waals surface area contributed by atoms with Gasteiger partial charge in [-0.3, -0.25) is 24.1 Å². The molecule has 1 aliphatic rings. The molecule has 1 saturated heterocycles. The highest BCUT2D eigenvalue weighted by Gasteiger charge is 2.29. The van der Waals surface area contributed by atoms with Crippen molar-refractivity contribution in [3.05, 3.63) is 35.4 Å². The van der Waals surface area contributed by atoms with Crippen LogP contribution in [-0.2, 0) is 20.9 Å². The number of carbonyl (C=O) groups excluding carboxylic acids is 4. The summed E-state index contributed by atoms with van der Waals surface area (Å²) in [5.41, 5.74) is 2.00. The number of nitrogens with one attached hydrogen (secondary N) is 2. The summed E-state index contributed by atoms with van der Waals surface area (Å²) in [6.07, 6.45) is 0. The highest BCUT2D eigenvalue weighted by molar-refractivity contribution is 8.14. The number of aryl methyl sites for hydroxylation is 1. The van der Waals surface area contributed by atoms with Crippen LogP contribution in [0, 0.1) is 6.92 Å². The first-order chi connectivity index (χ1) is 11.0. The van der Waals surface area contributed by atoms with Gasteiger partial charge in [0, 0.05) is 19.6 Å². The average molecular weight is 335 g/mol. The van der Waals surface area contributed by atoms with Gasteiger partial charge in [-0.25, -0.2) is 0 Å². The van der Waals surface area contributed by atoms with E-state index < -0.39 is 11.8 Å². The van der Waals surface area contributed by atoms with Crippen LogP contribution in [0.3, 0.4) is 0 Å². The highest BCUT2D eigenvalue weighted by Crippen LogP contribution is 2.17. The topological polar surface area (TPSA) is 95.6 Å². The molecular formula is C15H17N3O4S. The van der Waals surface area contributed by atoms with Crippen molar-refractivity contribution < 1.29 is 19.2 Å². The lowest BCUT2D eigenvalue weighted by Gasteiger charge is -2.13. The highest BCUT2D eigenvalue weighted by atomic mass is 32.2. The molecule has 0 unspecified atom stereocenters. The fourth-order valence-electron chi connectivity index (χ4n) is 1.93.